The lowest BCUT2D eigenvalue weighted by Gasteiger charge is -2.50. The highest BCUT2D eigenvalue weighted by Gasteiger charge is 2.42. The summed E-state index contributed by atoms with van der Waals surface area (Å²) >= 11 is 0. The molecular formula is C20H25IN2O2. The van der Waals surface area contributed by atoms with Crippen LogP contribution in [0, 0.1) is 11.8 Å². The highest BCUT2D eigenvalue weighted by Crippen LogP contribution is 2.42. The predicted octanol–water partition coefficient (Wildman–Crippen LogP) is 3.79. The second-order valence-electron chi connectivity index (χ2n) is 6.97. The SMILES string of the molecule is C=C[C@H]1CN2CCC1C[C@H]2[C@H](O)c1ccnc2ccc(OC)cc12.I. The van der Waals surface area contributed by atoms with Crippen molar-refractivity contribution in [1.29, 1.82) is 0 Å². The molecule has 2 bridgehead atoms. The molecule has 5 rings (SSSR count). The second kappa shape index (κ2) is 7.60. The van der Waals surface area contributed by atoms with E-state index in [1.165, 1.54) is 6.42 Å². The summed E-state index contributed by atoms with van der Waals surface area (Å²) in [4.78, 5) is 6.86. The van der Waals surface area contributed by atoms with Gasteiger partial charge in [-0.3, -0.25) is 9.88 Å². The number of ether oxygens (including phenoxy) is 1. The zero-order valence-corrected chi connectivity index (χ0v) is 16.8. The molecule has 3 aliphatic heterocycles. The summed E-state index contributed by atoms with van der Waals surface area (Å²) in [5.41, 5.74) is 1.85. The van der Waals surface area contributed by atoms with E-state index < -0.39 is 6.10 Å². The van der Waals surface area contributed by atoms with E-state index in [2.05, 4.69) is 22.5 Å². The molecule has 3 fully saturated rings. The summed E-state index contributed by atoms with van der Waals surface area (Å²) in [6.07, 6.45) is 5.62. The zero-order chi connectivity index (χ0) is 16.7. The van der Waals surface area contributed by atoms with Crippen LogP contribution in [0.5, 0.6) is 5.75 Å². The lowest BCUT2D eigenvalue weighted by molar-refractivity contribution is -0.0444. The van der Waals surface area contributed by atoms with Crippen molar-refractivity contribution in [3.05, 3.63) is 48.7 Å². The molecule has 4 heterocycles. The van der Waals surface area contributed by atoms with E-state index in [0.717, 1.165) is 41.7 Å². The van der Waals surface area contributed by atoms with Crippen LogP contribution in [-0.4, -0.2) is 41.2 Å². The van der Waals surface area contributed by atoms with Gasteiger partial charge in [0.1, 0.15) is 5.75 Å². The van der Waals surface area contributed by atoms with Crippen molar-refractivity contribution in [3.8, 4) is 5.75 Å². The van der Waals surface area contributed by atoms with Gasteiger partial charge in [0.05, 0.1) is 18.7 Å². The third-order valence-electron chi connectivity index (χ3n) is 5.82. The highest BCUT2D eigenvalue weighted by molar-refractivity contribution is 14.0. The van der Waals surface area contributed by atoms with E-state index in [1.54, 1.807) is 13.3 Å². The molecule has 1 aromatic heterocycles. The molecule has 0 aliphatic carbocycles. The summed E-state index contributed by atoms with van der Waals surface area (Å²) in [7, 11) is 1.66. The number of piperidine rings is 3. The van der Waals surface area contributed by atoms with Crippen molar-refractivity contribution in [2.24, 2.45) is 11.8 Å². The Morgan fingerprint density at radius 2 is 2.24 bits per heavy atom. The van der Waals surface area contributed by atoms with Crippen LogP contribution >= 0.6 is 24.0 Å². The summed E-state index contributed by atoms with van der Waals surface area (Å²) < 4.78 is 5.35. The first-order valence-electron chi connectivity index (χ1n) is 8.68. The molecule has 2 unspecified atom stereocenters. The van der Waals surface area contributed by atoms with Crippen LogP contribution in [0.25, 0.3) is 10.9 Å². The molecule has 3 aliphatic rings. The van der Waals surface area contributed by atoms with E-state index in [9.17, 15) is 5.11 Å². The largest absolute Gasteiger partial charge is 0.497 e. The minimum atomic E-state index is -0.504. The number of hydrogen-bond donors (Lipinski definition) is 1. The maximum Gasteiger partial charge on any atom is 0.119 e. The molecule has 1 aromatic carbocycles. The Morgan fingerprint density at radius 1 is 1.40 bits per heavy atom. The topological polar surface area (TPSA) is 45.6 Å². The number of fused-ring (bicyclic) bond motifs is 4. The van der Waals surface area contributed by atoms with E-state index in [-0.39, 0.29) is 30.0 Å². The average Bonchev–Trinajstić information content (AvgIpc) is 2.66. The first-order chi connectivity index (χ1) is 11.7. The van der Waals surface area contributed by atoms with Crippen LogP contribution in [-0.2, 0) is 0 Å². The van der Waals surface area contributed by atoms with Gasteiger partial charge in [0, 0.05) is 24.2 Å². The van der Waals surface area contributed by atoms with Gasteiger partial charge < -0.3 is 9.84 Å². The number of aromatic nitrogens is 1. The van der Waals surface area contributed by atoms with Crippen molar-refractivity contribution in [1.82, 2.24) is 9.88 Å². The van der Waals surface area contributed by atoms with E-state index in [0.29, 0.717) is 11.8 Å². The number of aliphatic hydroxyl groups excluding tert-OH is 1. The van der Waals surface area contributed by atoms with Gasteiger partial charge in [-0.05, 0) is 61.1 Å². The molecule has 0 spiro atoms. The lowest BCUT2D eigenvalue weighted by Crippen LogP contribution is -2.54. The first-order valence-corrected chi connectivity index (χ1v) is 8.68. The quantitative estimate of drug-likeness (QED) is 0.567. The number of aliphatic hydroxyl groups is 1. The van der Waals surface area contributed by atoms with Gasteiger partial charge in [-0.2, -0.15) is 0 Å². The Hall–Kier alpha value is -1.18. The maximum atomic E-state index is 11.2. The number of nitrogens with zero attached hydrogens (tertiary/aromatic N) is 2. The fourth-order valence-electron chi connectivity index (χ4n) is 4.44. The van der Waals surface area contributed by atoms with Gasteiger partial charge in [-0.15, -0.1) is 30.6 Å². The van der Waals surface area contributed by atoms with E-state index in [1.807, 2.05) is 24.3 Å². The number of rotatable bonds is 4. The molecule has 3 saturated heterocycles. The Labute approximate surface area is 165 Å². The van der Waals surface area contributed by atoms with Crippen molar-refractivity contribution in [2.45, 2.75) is 25.0 Å². The molecule has 5 heteroatoms. The number of benzene rings is 1. The Balaban J connectivity index is 0.00000182. The van der Waals surface area contributed by atoms with Gasteiger partial charge in [-0.25, -0.2) is 0 Å². The van der Waals surface area contributed by atoms with Crippen molar-refractivity contribution in [2.75, 3.05) is 20.2 Å². The molecule has 1 N–H and O–H groups in total. The summed E-state index contributed by atoms with van der Waals surface area (Å²) in [5.74, 6) is 2.01. The smallest absolute Gasteiger partial charge is 0.119 e. The third kappa shape index (κ3) is 3.29. The number of halogens is 1. The first kappa shape index (κ1) is 18.6. The number of hydrogen-bond acceptors (Lipinski definition) is 4. The van der Waals surface area contributed by atoms with Gasteiger partial charge >= 0.3 is 0 Å². The summed E-state index contributed by atoms with van der Waals surface area (Å²) in [6.45, 7) is 6.07. The van der Waals surface area contributed by atoms with Gasteiger partial charge in [0.15, 0.2) is 0 Å². The van der Waals surface area contributed by atoms with E-state index >= 15 is 0 Å². The van der Waals surface area contributed by atoms with Crippen LogP contribution in [0.15, 0.2) is 43.1 Å². The minimum absolute atomic E-state index is 0. The second-order valence-corrected chi connectivity index (χ2v) is 6.97. The fraction of sp³-hybridized carbons (Fsp3) is 0.450. The Bertz CT molecular complexity index is 766. The van der Waals surface area contributed by atoms with Crippen LogP contribution in [0.3, 0.4) is 0 Å². The highest BCUT2D eigenvalue weighted by atomic mass is 127. The van der Waals surface area contributed by atoms with Gasteiger partial charge in [0.2, 0.25) is 0 Å². The third-order valence-corrected chi connectivity index (χ3v) is 5.82. The predicted molar refractivity (Wildman–Crippen MR) is 110 cm³/mol. The fourth-order valence-corrected chi connectivity index (χ4v) is 4.44. The van der Waals surface area contributed by atoms with Crippen LogP contribution in [0.2, 0.25) is 0 Å². The molecule has 5 atom stereocenters. The van der Waals surface area contributed by atoms with Gasteiger partial charge in [-0.1, -0.05) is 6.08 Å². The molecular weight excluding hydrogens is 427 g/mol. The summed E-state index contributed by atoms with van der Waals surface area (Å²) in [6, 6.07) is 7.96. The summed E-state index contributed by atoms with van der Waals surface area (Å²) in [5, 5.41) is 12.1. The van der Waals surface area contributed by atoms with Crippen LogP contribution < -0.4 is 4.74 Å². The van der Waals surface area contributed by atoms with Crippen LogP contribution in [0.4, 0.5) is 0 Å². The molecule has 2 aromatic rings. The number of methoxy groups -OCH3 is 1. The lowest BCUT2D eigenvalue weighted by atomic mass is 9.73. The minimum Gasteiger partial charge on any atom is -0.497 e. The molecule has 134 valence electrons. The molecule has 4 nitrogen and oxygen atoms in total. The van der Waals surface area contributed by atoms with Crippen molar-refractivity contribution in [3.63, 3.8) is 0 Å². The monoisotopic (exact) mass is 452 g/mol. The number of pyridine rings is 1. The van der Waals surface area contributed by atoms with Crippen molar-refractivity contribution < 1.29 is 9.84 Å². The van der Waals surface area contributed by atoms with Gasteiger partial charge in [0.25, 0.3) is 0 Å². The molecule has 0 saturated carbocycles. The zero-order valence-electron chi connectivity index (χ0n) is 14.5. The molecule has 0 radical (unpaired) electrons. The molecule has 0 amide bonds. The average molecular weight is 452 g/mol. The normalized spacial score (nSPS) is 29.0. The Kier molecular flexibility index (Phi) is 5.65. The maximum absolute atomic E-state index is 11.2. The standard InChI is InChI=1S/C20H24N2O2.HI/c1-3-13-12-22-9-7-14(13)10-19(22)20(23)16-6-8-21-18-5-4-15(24-2)11-17(16)18;/h3-6,8,11,13-14,19-20,23H,1,7,9-10,12H2,2H3;1H/t13-,14?,19-,20+;/m0./s1. The van der Waals surface area contributed by atoms with Crippen LogP contribution in [0.1, 0.15) is 24.5 Å². The molecule has 25 heavy (non-hydrogen) atoms. The Morgan fingerprint density at radius 3 is 2.92 bits per heavy atom. The van der Waals surface area contributed by atoms with E-state index in [4.69, 9.17) is 4.74 Å². The van der Waals surface area contributed by atoms with Crippen molar-refractivity contribution >= 4 is 34.9 Å².